The van der Waals surface area contributed by atoms with Crippen molar-refractivity contribution in [3.05, 3.63) is 41.2 Å². The SMILES string of the molecule is C/C(=C\c1ccccc1F)C(=O)[O-].[CH3][Sn+]([CH3])[CH3]. The fourth-order valence-corrected chi connectivity index (χ4v) is 0.884. The van der Waals surface area contributed by atoms with Gasteiger partial charge in [-0.25, -0.2) is 4.39 Å². The molecule has 0 heterocycles. The number of benzene rings is 1. The van der Waals surface area contributed by atoms with Gasteiger partial charge in [-0.2, -0.15) is 0 Å². The van der Waals surface area contributed by atoms with E-state index in [1.807, 2.05) is 0 Å². The van der Waals surface area contributed by atoms with Gasteiger partial charge in [0.2, 0.25) is 0 Å². The third-order valence-electron chi connectivity index (χ3n) is 1.60. The van der Waals surface area contributed by atoms with Gasteiger partial charge in [0.1, 0.15) is 5.82 Å². The van der Waals surface area contributed by atoms with Gasteiger partial charge in [0, 0.05) is 5.56 Å². The van der Waals surface area contributed by atoms with E-state index >= 15 is 0 Å². The molecule has 0 aliphatic heterocycles. The number of carboxylic acids is 1. The van der Waals surface area contributed by atoms with Crippen molar-refractivity contribution in [2.45, 2.75) is 21.7 Å². The van der Waals surface area contributed by atoms with Gasteiger partial charge in [-0.1, -0.05) is 18.2 Å². The van der Waals surface area contributed by atoms with Crippen molar-refractivity contribution in [2.75, 3.05) is 0 Å². The normalized spacial score (nSPS) is 10.3. The van der Waals surface area contributed by atoms with E-state index in [9.17, 15) is 14.3 Å². The van der Waals surface area contributed by atoms with E-state index in [2.05, 4.69) is 14.8 Å². The van der Waals surface area contributed by atoms with Gasteiger partial charge in [0.25, 0.3) is 0 Å². The molecule has 0 N–H and O–H groups in total. The van der Waals surface area contributed by atoms with E-state index in [0.717, 1.165) is 0 Å². The van der Waals surface area contributed by atoms with Crippen molar-refractivity contribution >= 4 is 31.8 Å². The van der Waals surface area contributed by atoms with Crippen LogP contribution in [0.1, 0.15) is 12.5 Å². The standard InChI is InChI=1S/C10H9FO2.3CH3.Sn/c1-7(10(12)13)6-8-4-2-3-5-9(8)11;;;;/h2-6H,1H3,(H,12,13);3*1H3;/q;;;;+1/p-1/b7-6+;;;;. The number of carbonyl (C=O) groups excluding carboxylic acids is 1. The molecule has 0 saturated heterocycles. The Balaban J connectivity index is 0.000000557. The summed E-state index contributed by atoms with van der Waals surface area (Å²) in [6, 6.07) is 5.95. The second-order valence-electron chi connectivity index (χ2n) is 4.14. The summed E-state index contributed by atoms with van der Waals surface area (Å²) in [6.45, 7) is 1.36. The van der Waals surface area contributed by atoms with Gasteiger partial charge in [0.05, 0.1) is 5.97 Å². The van der Waals surface area contributed by atoms with Gasteiger partial charge in [-0.05, 0) is 24.6 Å². The van der Waals surface area contributed by atoms with Crippen molar-refractivity contribution < 1.29 is 14.3 Å². The first-order valence-corrected chi connectivity index (χ1v) is 13.8. The molecule has 0 saturated carbocycles. The van der Waals surface area contributed by atoms with Crippen molar-refractivity contribution in [3.8, 4) is 0 Å². The minimum absolute atomic E-state index is 0.00472. The summed E-state index contributed by atoms with van der Waals surface area (Å²) in [4.78, 5) is 17.4. The van der Waals surface area contributed by atoms with Gasteiger partial charge >= 0.3 is 34.6 Å². The average molecular weight is 343 g/mol. The Morgan fingerprint density at radius 3 is 2.18 bits per heavy atom. The fourth-order valence-electron chi connectivity index (χ4n) is 0.884. The van der Waals surface area contributed by atoms with Crippen LogP contribution in [-0.2, 0) is 4.79 Å². The Kier molecular flexibility index (Phi) is 7.87. The van der Waals surface area contributed by atoms with Crippen LogP contribution in [0, 0.1) is 5.82 Å². The molecule has 0 aliphatic rings. The fraction of sp³-hybridized carbons (Fsp3) is 0.308. The van der Waals surface area contributed by atoms with Gasteiger partial charge in [0.15, 0.2) is 0 Å². The van der Waals surface area contributed by atoms with Crippen molar-refractivity contribution in [1.82, 2.24) is 0 Å². The van der Waals surface area contributed by atoms with Crippen LogP contribution in [0.2, 0.25) is 14.8 Å². The summed E-state index contributed by atoms with van der Waals surface area (Å²) in [7, 11) is 0. The second kappa shape index (κ2) is 8.28. The van der Waals surface area contributed by atoms with Crippen LogP contribution in [0.15, 0.2) is 29.8 Å². The number of carboxylic acid groups (broad SMARTS) is 1. The topological polar surface area (TPSA) is 40.1 Å². The van der Waals surface area contributed by atoms with E-state index < -0.39 is 31.5 Å². The van der Waals surface area contributed by atoms with E-state index in [0.29, 0.717) is 0 Å². The third kappa shape index (κ3) is 7.96. The minimum atomic E-state index is -1.29. The molecule has 1 rings (SSSR count). The molecular formula is C13H17FO2Sn. The summed E-state index contributed by atoms with van der Waals surface area (Å²) in [5, 5.41) is 10.3. The molecule has 0 amide bonds. The molecule has 0 atom stereocenters. The molecule has 2 nitrogen and oxygen atoms in total. The van der Waals surface area contributed by atoms with Crippen LogP contribution in [0.25, 0.3) is 6.08 Å². The first-order valence-electron chi connectivity index (χ1n) is 5.25. The Hall–Kier alpha value is -0.841. The molecule has 1 aromatic rings. The Labute approximate surface area is 109 Å². The van der Waals surface area contributed by atoms with Crippen LogP contribution < -0.4 is 5.11 Å². The van der Waals surface area contributed by atoms with Gasteiger partial charge in [-0.3, -0.25) is 0 Å². The molecule has 0 spiro atoms. The average Bonchev–Trinajstić information content (AvgIpc) is 2.20. The zero-order valence-electron chi connectivity index (χ0n) is 10.6. The second-order valence-corrected chi connectivity index (χ2v) is 12.7. The number of rotatable bonds is 2. The molecule has 0 radical (unpaired) electrons. The molecule has 0 aromatic heterocycles. The number of hydrogen-bond donors (Lipinski definition) is 0. The summed E-state index contributed by atoms with van der Waals surface area (Å²) in [5.41, 5.74) is 0.259. The monoisotopic (exact) mass is 344 g/mol. The summed E-state index contributed by atoms with van der Waals surface area (Å²) in [5.74, 6) is -1.73. The van der Waals surface area contributed by atoms with E-state index in [1.54, 1.807) is 12.1 Å². The van der Waals surface area contributed by atoms with Gasteiger partial charge < -0.3 is 9.90 Å². The summed E-state index contributed by atoms with van der Waals surface area (Å²) in [6.07, 6.45) is 1.24. The van der Waals surface area contributed by atoms with Crippen molar-refractivity contribution in [1.29, 1.82) is 0 Å². The predicted molar refractivity (Wildman–Crippen MR) is 68.4 cm³/mol. The number of hydrogen-bond acceptors (Lipinski definition) is 2. The molecule has 17 heavy (non-hydrogen) atoms. The molecular weight excluding hydrogens is 326 g/mol. The molecule has 92 valence electrons. The van der Waals surface area contributed by atoms with E-state index in [1.165, 1.54) is 25.1 Å². The van der Waals surface area contributed by atoms with Crippen molar-refractivity contribution in [3.63, 3.8) is 0 Å². The summed E-state index contributed by atoms with van der Waals surface area (Å²) < 4.78 is 13.0. The Morgan fingerprint density at radius 1 is 1.29 bits per heavy atom. The number of carbonyl (C=O) groups is 1. The molecule has 0 unspecified atom stereocenters. The molecule has 0 fully saturated rings. The van der Waals surface area contributed by atoms with Crippen LogP contribution in [0.3, 0.4) is 0 Å². The first kappa shape index (κ1) is 16.2. The van der Waals surface area contributed by atoms with Crippen LogP contribution in [0.5, 0.6) is 0 Å². The van der Waals surface area contributed by atoms with Gasteiger partial charge in [-0.15, -0.1) is 0 Å². The number of aliphatic carboxylic acids is 1. The molecule has 4 heteroatoms. The van der Waals surface area contributed by atoms with Crippen LogP contribution in [0.4, 0.5) is 4.39 Å². The van der Waals surface area contributed by atoms with E-state index in [4.69, 9.17) is 0 Å². The molecule has 0 bridgehead atoms. The molecule has 1 aromatic carbocycles. The van der Waals surface area contributed by atoms with Crippen LogP contribution in [-0.4, -0.2) is 25.7 Å². The predicted octanol–water partition coefficient (Wildman–Crippen LogP) is 2.35. The summed E-state index contributed by atoms with van der Waals surface area (Å²) >= 11 is -0.543. The zero-order chi connectivity index (χ0) is 13.4. The molecule has 0 aliphatic carbocycles. The van der Waals surface area contributed by atoms with Crippen molar-refractivity contribution in [2.24, 2.45) is 0 Å². The number of halogens is 1. The zero-order valence-corrected chi connectivity index (χ0v) is 13.4. The Morgan fingerprint density at radius 2 is 1.76 bits per heavy atom. The van der Waals surface area contributed by atoms with Crippen LogP contribution >= 0.6 is 0 Å². The quantitative estimate of drug-likeness (QED) is 0.611. The first-order chi connectivity index (χ1) is 7.84. The van der Waals surface area contributed by atoms with E-state index in [-0.39, 0.29) is 11.1 Å². The Bertz CT molecular complexity index is 397. The maximum absolute atomic E-state index is 13.0. The third-order valence-corrected chi connectivity index (χ3v) is 1.60. The maximum atomic E-state index is 13.0.